The van der Waals surface area contributed by atoms with Crippen LogP contribution in [0.5, 0.6) is 0 Å². The number of nitrogens with two attached hydrogens (primary N) is 1. The second kappa shape index (κ2) is 3.40. The van der Waals surface area contributed by atoms with Crippen molar-refractivity contribution in [3.63, 3.8) is 0 Å². The van der Waals surface area contributed by atoms with E-state index in [-0.39, 0.29) is 6.09 Å². The molecule has 16 heavy (non-hydrogen) atoms. The molecule has 0 unspecified atom stereocenters. The number of hydrogen-bond acceptors (Lipinski definition) is 4. The number of aromatic nitrogens is 2. The summed E-state index contributed by atoms with van der Waals surface area (Å²) in [6.07, 6.45) is -0.355. The van der Waals surface area contributed by atoms with Crippen LogP contribution in [0.2, 0.25) is 0 Å². The molecule has 2 rings (SSSR count). The van der Waals surface area contributed by atoms with Gasteiger partial charge in [-0.15, -0.1) is 0 Å². The lowest BCUT2D eigenvalue weighted by molar-refractivity contribution is 0.0584. The first-order valence-corrected chi connectivity index (χ1v) is 5.21. The second-order valence-electron chi connectivity index (χ2n) is 4.78. The van der Waals surface area contributed by atoms with Crippen molar-refractivity contribution in [2.75, 3.05) is 17.2 Å². The molecule has 1 aromatic rings. The molecule has 6 nitrogen and oxygen atoms in total. The van der Waals surface area contributed by atoms with Crippen LogP contribution < -0.4 is 10.6 Å². The Morgan fingerprint density at radius 3 is 2.81 bits per heavy atom. The normalized spacial score (nSPS) is 15.1. The molecular weight excluding hydrogens is 208 g/mol. The molecule has 0 radical (unpaired) electrons. The number of anilines is 2. The van der Waals surface area contributed by atoms with Gasteiger partial charge in [0.2, 0.25) is 0 Å². The number of amides is 1. The first kappa shape index (κ1) is 10.8. The number of fused-ring (bicyclic) bond motifs is 1. The lowest BCUT2D eigenvalue weighted by atomic mass is 10.2. The highest BCUT2D eigenvalue weighted by Crippen LogP contribution is 2.25. The van der Waals surface area contributed by atoms with Crippen LogP contribution in [0.25, 0.3) is 0 Å². The molecular formula is C10H16N4O2. The molecule has 6 heteroatoms. The van der Waals surface area contributed by atoms with Crippen LogP contribution in [0.1, 0.15) is 20.8 Å². The summed E-state index contributed by atoms with van der Waals surface area (Å²) in [6, 6.07) is 1.68. The Balaban J connectivity index is 2.15. The Morgan fingerprint density at radius 2 is 2.19 bits per heavy atom. The zero-order chi connectivity index (χ0) is 11.9. The van der Waals surface area contributed by atoms with Gasteiger partial charge in [-0.3, -0.25) is 4.90 Å². The number of ether oxygens (including phenoxy) is 1. The highest BCUT2D eigenvalue weighted by molar-refractivity contribution is 5.88. The second-order valence-corrected chi connectivity index (χ2v) is 4.78. The Bertz CT molecular complexity index is 419. The van der Waals surface area contributed by atoms with Gasteiger partial charge in [-0.05, 0) is 20.8 Å². The number of carbonyl (C=O) groups is 1. The summed E-state index contributed by atoms with van der Waals surface area (Å²) >= 11 is 0. The third kappa shape index (κ3) is 1.95. The van der Waals surface area contributed by atoms with Crippen LogP contribution in [0.3, 0.4) is 0 Å². The molecule has 1 aliphatic heterocycles. The van der Waals surface area contributed by atoms with Crippen molar-refractivity contribution in [2.45, 2.75) is 32.9 Å². The van der Waals surface area contributed by atoms with Crippen molar-refractivity contribution in [1.82, 2.24) is 9.78 Å². The van der Waals surface area contributed by atoms with Gasteiger partial charge in [-0.1, -0.05) is 0 Å². The predicted molar refractivity (Wildman–Crippen MR) is 60.2 cm³/mol. The fraction of sp³-hybridized carbons (Fsp3) is 0.600. The average molecular weight is 224 g/mol. The minimum atomic E-state index is -0.490. The van der Waals surface area contributed by atoms with Crippen molar-refractivity contribution >= 4 is 17.7 Å². The number of hydrogen-bond donors (Lipinski definition) is 1. The van der Waals surface area contributed by atoms with Gasteiger partial charge in [0.25, 0.3) is 0 Å². The van der Waals surface area contributed by atoms with Crippen LogP contribution in [0.4, 0.5) is 16.4 Å². The summed E-state index contributed by atoms with van der Waals surface area (Å²) in [6.45, 7) is 6.76. The zero-order valence-electron chi connectivity index (χ0n) is 9.73. The Labute approximate surface area is 94.0 Å². The van der Waals surface area contributed by atoms with Gasteiger partial charge in [0.05, 0.1) is 13.1 Å². The van der Waals surface area contributed by atoms with E-state index in [1.165, 1.54) is 0 Å². The van der Waals surface area contributed by atoms with Crippen LogP contribution >= 0.6 is 0 Å². The zero-order valence-corrected chi connectivity index (χ0v) is 9.73. The molecule has 1 amide bonds. The van der Waals surface area contributed by atoms with Gasteiger partial charge in [-0.2, -0.15) is 5.10 Å². The SMILES string of the molecule is CC(C)(C)OC(=O)N1CCn2nc(N)cc21. The number of rotatable bonds is 0. The molecule has 0 aliphatic carbocycles. The molecule has 0 bridgehead atoms. The van der Waals surface area contributed by atoms with Gasteiger partial charge >= 0.3 is 6.09 Å². The van der Waals surface area contributed by atoms with E-state index in [9.17, 15) is 4.79 Å². The van der Waals surface area contributed by atoms with Crippen LogP contribution in [0.15, 0.2) is 6.07 Å². The maximum atomic E-state index is 11.9. The Kier molecular flexibility index (Phi) is 2.29. The highest BCUT2D eigenvalue weighted by atomic mass is 16.6. The minimum Gasteiger partial charge on any atom is -0.443 e. The van der Waals surface area contributed by atoms with Crippen molar-refractivity contribution < 1.29 is 9.53 Å². The fourth-order valence-corrected chi connectivity index (χ4v) is 1.62. The summed E-state index contributed by atoms with van der Waals surface area (Å²) in [5.41, 5.74) is 5.08. The molecule has 0 spiro atoms. The van der Waals surface area contributed by atoms with E-state index >= 15 is 0 Å². The summed E-state index contributed by atoms with van der Waals surface area (Å²) in [4.78, 5) is 13.4. The molecule has 1 aliphatic rings. The molecule has 0 fully saturated rings. The monoisotopic (exact) mass is 224 g/mol. The predicted octanol–water partition coefficient (Wildman–Crippen LogP) is 1.22. The Hall–Kier alpha value is -1.72. The molecule has 2 N–H and O–H groups in total. The van der Waals surface area contributed by atoms with Gasteiger partial charge in [0, 0.05) is 6.07 Å². The largest absolute Gasteiger partial charge is 0.443 e. The van der Waals surface area contributed by atoms with Crippen LogP contribution in [-0.2, 0) is 11.3 Å². The highest BCUT2D eigenvalue weighted by Gasteiger charge is 2.30. The van der Waals surface area contributed by atoms with Crippen LogP contribution in [-0.4, -0.2) is 28.0 Å². The van der Waals surface area contributed by atoms with E-state index < -0.39 is 5.60 Å². The third-order valence-corrected chi connectivity index (χ3v) is 2.20. The van der Waals surface area contributed by atoms with Gasteiger partial charge in [0.1, 0.15) is 17.2 Å². The molecule has 1 aromatic heterocycles. The standard InChI is InChI=1S/C10H16N4O2/c1-10(2,3)16-9(15)13-4-5-14-8(13)6-7(11)12-14/h6H,4-5H2,1-3H3,(H2,11,12). The average Bonchev–Trinajstić information content (AvgIpc) is 2.58. The molecule has 88 valence electrons. The minimum absolute atomic E-state index is 0.355. The molecule has 2 heterocycles. The quantitative estimate of drug-likeness (QED) is 0.719. The van der Waals surface area contributed by atoms with Crippen molar-refractivity contribution in [3.8, 4) is 0 Å². The van der Waals surface area contributed by atoms with Gasteiger partial charge in [0.15, 0.2) is 0 Å². The van der Waals surface area contributed by atoms with E-state index in [0.29, 0.717) is 24.7 Å². The van der Waals surface area contributed by atoms with Crippen molar-refractivity contribution in [3.05, 3.63) is 6.07 Å². The van der Waals surface area contributed by atoms with E-state index in [0.717, 1.165) is 0 Å². The first-order valence-electron chi connectivity index (χ1n) is 5.21. The summed E-state index contributed by atoms with van der Waals surface area (Å²) in [5.74, 6) is 1.12. The number of nitrogens with zero attached hydrogens (tertiary/aromatic N) is 3. The van der Waals surface area contributed by atoms with E-state index in [1.54, 1.807) is 15.6 Å². The van der Waals surface area contributed by atoms with E-state index in [1.807, 2.05) is 20.8 Å². The van der Waals surface area contributed by atoms with Crippen LogP contribution in [0, 0.1) is 0 Å². The topological polar surface area (TPSA) is 73.4 Å². The molecule has 0 saturated carbocycles. The first-order chi connectivity index (χ1) is 7.37. The maximum Gasteiger partial charge on any atom is 0.416 e. The lowest BCUT2D eigenvalue weighted by Gasteiger charge is -2.23. The molecule has 0 atom stereocenters. The smallest absolute Gasteiger partial charge is 0.416 e. The molecule has 0 saturated heterocycles. The fourth-order valence-electron chi connectivity index (χ4n) is 1.62. The number of carbonyl (C=O) groups excluding carboxylic acids is 1. The van der Waals surface area contributed by atoms with Crippen molar-refractivity contribution in [1.29, 1.82) is 0 Å². The van der Waals surface area contributed by atoms with E-state index in [2.05, 4.69) is 5.10 Å². The van der Waals surface area contributed by atoms with E-state index in [4.69, 9.17) is 10.5 Å². The lowest BCUT2D eigenvalue weighted by Crippen LogP contribution is -2.35. The summed E-state index contributed by atoms with van der Waals surface area (Å²) < 4.78 is 7.00. The van der Waals surface area contributed by atoms with Gasteiger partial charge in [-0.25, -0.2) is 9.48 Å². The van der Waals surface area contributed by atoms with Gasteiger partial charge < -0.3 is 10.5 Å². The Morgan fingerprint density at radius 1 is 1.50 bits per heavy atom. The van der Waals surface area contributed by atoms with Crippen molar-refractivity contribution in [2.24, 2.45) is 0 Å². The molecule has 0 aromatic carbocycles. The summed E-state index contributed by atoms with van der Waals surface area (Å²) in [7, 11) is 0. The maximum absolute atomic E-state index is 11.9. The third-order valence-electron chi connectivity index (χ3n) is 2.20. The number of nitrogen functional groups attached to an aromatic ring is 1. The summed E-state index contributed by atoms with van der Waals surface area (Å²) in [5, 5.41) is 4.07.